The third-order valence-corrected chi connectivity index (χ3v) is 24.5. The molecule has 2 rings (SSSR count). The molecule has 0 radical (unpaired) electrons. The molecule has 0 bridgehead atoms. The van der Waals surface area contributed by atoms with E-state index >= 15 is 0 Å². The average molecular weight is 470 g/mol. The van der Waals surface area contributed by atoms with E-state index in [-0.39, 0.29) is 5.90 Å². The van der Waals surface area contributed by atoms with E-state index in [1.165, 1.54) is 51.8 Å². The van der Waals surface area contributed by atoms with Gasteiger partial charge in [0.1, 0.15) is 0 Å². The first-order chi connectivity index (χ1) is 12.1. The van der Waals surface area contributed by atoms with Crippen molar-refractivity contribution in [2.45, 2.75) is 72.6 Å². The number of fused-ring (bicyclic) bond motifs is 1. The molecule has 0 fully saturated rings. The van der Waals surface area contributed by atoms with Crippen molar-refractivity contribution in [1.29, 1.82) is 5.41 Å². The molecule has 0 aliphatic carbocycles. The van der Waals surface area contributed by atoms with E-state index in [0.717, 1.165) is 4.83 Å². The predicted octanol–water partition coefficient (Wildman–Crippen LogP) is 5.42. The third-order valence-electron chi connectivity index (χ3n) is 5.18. The molecule has 2 aromatic rings. The van der Waals surface area contributed by atoms with Gasteiger partial charge in [0.2, 0.25) is 0 Å². The second-order valence-electron chi connectivity index (χ2n) is 7.03. The summed E-state index contributed by atoms with van der Waals surface area (Å²) in [6.45, 7) is 6.95. The number of imidazole rings is 1. The molecule has 0 aliphatic rings. The third kappa shape index (κ3) is 4.79. The summed E-state index contributed by atoms with van der Waals surface area (Å²) < 4.78 is 13.3. The molecule has 0 unspecified atom stereocenters. The molecule has 0 saturated heterocycles. The van der Waals surface area contributed by atoms with Crippen LogP contribution in [0.1, 0.15) is 65.0 Å². The van der Waals surface area contributed by atoms with Gasteiger partial charge in [0.25, 0.3) is 0 Å². The Morgan fingerprint density at radius 3 is 2.16 bits per heavy atom. The molecule has 2 heterocycles. The Labute approximate surface area is 160 Å². The number of thiazole rings is 1. The standard InChI is InChI=1S/C7H6N3OS.3C4H9.Sn/c1-11-6(8)5-7-10(4-9-5)2-3-12-7;3*1-3-4-2;/h2,4,8H,1H3;3*1,3-4H2,2H3;. The topological polar surface area (TPSA) is 50.4 Å². The fourth-order valence-corrected chi connectivity index (χ4v) is 23.6. The Balaban J connectivity index is 2.44. The first-order valence-corrected chi connectivity index (χ1v) is 18.0. The molecule has 1 N–H and O–H groups in total. The Morgan fingerprint density at radius 2 is 1.68 bits per heavy atom. The van der Waals surface area contributed by atoms with Gasteiger partial charge in [-0.3, -0.25) is 0 Å². The fraction of sp³-hybridized carbons (Fsp3) is 0.684. The Morgan fingerprint density at radius 1 is 1.12 bits per heavy atom. The molecule has 2 aromatic heterocycles. The van der Waals surface area contributed by atoms with Crippen LogP contribution in [0.4, 0.5) is 0 Å². The van der Waals surface area contributed by atoms with Gasteiger partial charge in [0.15, 0.2) is 0 Å². The van der Waals surface area contributed by atoms with Crippen molar-refractivity contribution in [1.82, 2.24) is 9.38 Å². The van der Waals surface area contributed by atoms with Gasteiger partial charge in [0.05, 0.1) is 0 Å². The van der Waals surface area contributed by atoms with Gasteiger partial charge < -0.3 is 0 Å². The van der Waals surface area contributed by atoms with E-state index in [0.29, 0.717) is 5.69 Å². The summed E-state index contributed by atoms with van der Waals surface area (Å²) in [6, 6.07) is 0. The Bertz CT molecular complexity index is 658. The van der Waals surface area contributed by atoms with E-state index in [4.69, 9.17) is 10.1 Å². The summed E-state index contributed by atoms with van der Waals surface area (Å²) in [5.74, 6) is 0.173. The van der Waals surface area contributed by atoms with Gasteiger partial charge in [-0.25, -0.2) is 0 Å². The first kappa shape index (κ1) is 20.7. The SMILES string of the molecule is CCC[CH2][Sn]([CH2]CCC)([CH2]CCC)[c]1cn2cnc(C(=N)OC)c2s1. The van der Waals surface area contributed by atoms with Crippen LogP contribution in [0.3, 0.4) is 0 Å². The van der Waals surface area contributed by atoms with Crippen molar-refractivity contribution in [3.05, 3.63) is 18.2 Å². The van der Waals surface area contributed by atoms with E-state index in [9.17, 15) is 0 Å². The number of nitrogens with one attached hydrogen (secondary N) is 1. The molecule has 4 nitrogen and oxygen atoms in total. The fourth-order valence-electron chi connectivity index (χ4n) is 3.59. The minimum atomic E-state index is -2.40. The zero-order chi connectivity index (χ0) is 18.3. The summed E-state index contributed by atoms with van der Waals surface area (Å²) in [5.41, 5.74) is 0.695. The molecular weight excluding hydrogens is 437 g/mol. The molecule has 0 amide bonds. The van der Waals surface area contributed by atoms with Gasteiger partial charge in [-0.1, -0.05) is 0 Å². The van der Waals surface area contributed by atoms with Gasteiger partial charge >= 0.3 is 161 Å². The van der Waals surface area contributed by atoms with E-state index in [1.807, 2.05) is 17.7 Å². The second-order valence-corrected chi connectivity index (χ2v) is 22.2. The molecule has 0 aliphatic heterocycles. The zero-order valence-corrected chi connectivity index (χ0v) is 19.9. The maximum atomic E-state index is 8.00. The molecule has 6 heteroatoms. The van der Waals surface area contributed by atoms with Crippen LogP contribution in [0.2, 0.25) is 13.3 Å². The average Bonchev–Trinajstić information content (AvgIpc) is 3.22. The summed E-state index contributed by atoms with van der Waals surface area (Å²) >= 11 is -0.490. The van der Waals surface area contributed by atoms with Crippen molar-refractivity contribution in [2.75, 3.05) is 7.11 Å². The summed E-state index contributed by atoms with van der Waals surface area (Å²) in [6.07, 6.45) is 12.2. The minimum absolute atomic E-state index is 0.173. The number of rotatable bonds is 11. The Hall–Kier alpha value is -0.561. The van der Waals surface area contributed by atoms with Crippen molar-refractivity contribution >= 4 is 43.3 Å². The van der Waals surface area contributed by atoms with Crippen LogP contribution in [0.25, 0.3) is 4.83 Å². The van der Waals surface area contributed by atoms with Crippen LogP contribution in [-0.2, 0) is 4.74 Å². The van der Waals surface area contributed by atoms with Crippen molar-refractivity contribution in [2.24, 2.45) is 0 Å². The van der Waals surface area contributed by atoms with Crippen LogP contribution in [0.5, 0.6) is 0 Å². The van der Waals surface area contributed by atoms with Gasteiger partial charge in [-0.15, -0.1) is 0 Å². The van der Waals surface area contributed by atoms with Gasteiger partial charge in [0, 0.05) is 0 Å². The summed E-state index contributed by atoms with van der Waals surface area (Å²) in [5, 5.41) is 8.00. The van der Waals surface area contributed by atoms with E-state index < -0.39 is 18.4 Å². The molecular formula is C19H33N3OSSn. The molecule has 0 aromatic carbocycles. The van der Waals surface area contributed by atoms with E-state index in [1.54, 1.807) is 10.0 Å². The van der Waals surface area contributed by atoms with Gasteiger partial charge in [-0.2, -0.15) is 0 Å². The van der Waals surface area contributed by atoms with Crippen molar-refractivity contribution in [3.8, 4) is 0 Å². The summed E-state index contributed by atoms with van der Waals surface area (Å²) in [4.78, 5) is 5.47. The van der Waals surface area contributed by atoms with Crippen molar-refractivity contribution < 1.29 is 4.74 Å². The Kier molecular flexibility index (Phi) is 8.26. The molecule has 25 heavy (non-hydrogen) atoms. The normalized spacial score (nSPS) is 12.0. The predicted molar refractivity (Wildman–Crippen MR) is 111 cm³/mol. The molecule has 140 valence electrons. The van der Waals surface area contributed by atoms with Crippen LogP contribution < -0.4 is 2.89 Å². The number of hydrogen-bond donors (Lipinski definition) is 1. The number of aromatic nitrogens is 2. The van der Waals surface area contributed by atoms with Gasteiger partial charge in [-0.05, 0) is 0 Å². The summed E-state index contributed by atoms with van der Waals surface area (Å²) in [7, 11) is 1.55. The van der Waals surface area contributed by atoms with E-state index in [2.05, 4.69) is 36.4 Å². The maximum absolute atomic E-state index is 8.00. The second kappa shape index (κ2) is 9.95. The number of nitrogens with zero attached hydrogens (tertiary/aromatic N) is 2. The number of methoxy groups -OCH3 is 1. The van der Waals surface area contributed by atoms with Crippen molar-refractivity contribution in [3.63, 3.8) is 0 Å². The van der Waals surface area contributed by atoms with Crippen LogP contribution in [0.15, 0.2) is 12.5 Å². The molecule has 0 atom stereocenters. The quantitative estimate of drug-likeness (QED) is 0.271. The van der Waals surface area contributed by atoms with Crippen LogP contribution >= 0.6 is 11.3 Å². The number of ether oxygens (including phenoxy) is 1. The first-order valence-electron chi connectivity index (χ1n) is 9.71. The molecule has 0 saturated carbocycles. The zero-order valence-electron chi connectivity index (χ0n) is 16.2. The monoisotopic (exact) mass is 471 g/mol. The van der Waals surface area contributed by atoms with Crippen LogP contribution in [-0.4, -0.2) is 40.8 Å². The molecule has 0 spiro atoms. The number of unbranched alkanes of at least 4 members (excludes halogenated alkanes) is 3. The number of hydrogen-bond acceptors (Lipinski definition) is 4. The van der Waals surface area contributed by atoms with Crippen LogP contribution in [0, 0.1) is 5.41 Å².